The maximum atomic E-state index is 14.3. The number of carbonyl (C=O) groups excluding carboxylic acids is 1. The molecule has 0 spiro atoms. The molecule has 0 radical (unpaired) electrons. The number of rotatable bonds is 6. The van der Waals surface area contributed by atoms with Gasteiger partial charge in [-0.3, -0.25) is 4.79 Å². The second kappa shape index (κ2) is 8.37. The van der Waals surface area contributed by atoms with Crippen LogP contribution in [0.1, 0.15) is 35.8 Å². The van der Waals surface area contributed by atoms with Crippen LogP contribution in [-0.2, 0) is 0 Å². The first kappa shape index (κ1) is 23.1. The van der Waals surface area contributed by atoms with E-state index in [4.69, 9.17) is 0 Å². The zero-order valence-corrected chi connectivity index (χ0v) is 17.7. The summed E-state index contributed by atoms with van der Waals surface area (Å²) < 4.78 is 57.9. The molecule has 3 heterocycles. The molecule has 0 saturated heterocycles. The van der Waals surface area contributed by atoms with Crippen LogP contribution in [-0.4, -0.2) is 52.6 Å². The van der Waals surface area contributed by atoms with E-state index < -0.39 is 35.5 Å². The van der Waals surface area contributed by atoms with E-state index in [9.17, 15) is 27.5 Å². The maximum Gasteiger partial charge on any atom is 0.573 e. The summed E-state index contributed by atoms with van der Waals surface area (Å²) in [6.07, 6.45) is 0.741. The molecule has 0 bridgehead atoms. The van der Waals surface area contributed by atoms with Crippen LogP contribution >= 0.6 is 0 Å². The van der Waals surface area contributed by atoms with E-state index in [2.05, 4.69) is 30.4 Å². The van der Waals surface area contributed by atoms with Crippen molar-refractivity contribution in [3.05, 3.63) is 66.0 Å². The maximum absolute atomic E-state index is 14.3. The van der Waals surface area contributed by atoms with Crippen LogP contribution in [0.5, 0.6) is 5.75 Å². The summed E-state index contributed by atoms with van der Waals surface area (Å²) in [6.45, 7) is 2.71. The Morgan fingerprint density at radius 2 is 1.97 bits per heavy atom. The normalized spacial score (nSPS) is 13.1. The number of ether oxygens (including phenoxy) is 1. The number of nitrogens with one attached hydrogen (secondary N) is 1. The summed E-state index contributed by atoms with van der Waals surface area (Å²) in [6, 6.07) is 3.03. The largest absolute Gasteiger partial charge is 0.573 e. The summed E-state index contributed by atoms with van der Waals surface area (Å²) in [4.78, 5) is 17.4. The zero-order valence-electron chi connectivity index (χ0n) is 17.7. The lowest BCUT2D eigenvalue weighted by molar-refractivity contribution is -0.275. The quantitative estimate of drug-likeness (QED) is 0.408. The van der Waals surface area contributed by atoms with Crippen LogP contribution in [0, 0.1) is 5.82 Å². The Morgan fingerprint density at radius 1 is 1.21 bits per heavy atom. The van der Waals surface area contributed by atoms with Crippen molar-refractivity contribution in [3.63, 3.8) is 0 Å². The summed E-state index contributed by atoms with van der Waals surface area (Å²) in [5, 5.41) is 24.8. The molecule has 0 unspecified atom stereocenters. The third-order valence-corrected chi connectivity index (χ3v) is 4.75. The van der Waals surface area contributed by atoms with Crippen molar-refractivity contribution in [2.45, 2.75) is 31.9 Å². The number of nitrogens with zero attached hydrogens (tertiary/aromatic N) is 6. The number of carbonyl (C=O) groups is 1. The molecule has 0 aliphatic rings. The molecule has 34 heavy (non-hydrogen) atoms. The van der Waals surface area contributed by atoms with Gasteiger partial charge in [0, 0.05) is 12.3 Å². The SMILES string of the molecule is CC(C)(O)[C@@H](NC(=O)c1cnn2ccc(-n3ccnn3)nc12)c1ccc(OC(F)(F)F)c(F)c1. The summed E-state index contributed by atoms with van der Waals surface area (Å²) in [5.41, 5.74) is -1.41. The minimum atomic E-state index is -5.08. The number of halogens is 4. The molecule has 0 aliphatic heterocycles. The van der Waals surface area contributed by atoms with E-state index in [0.717, 1.165) is 18.2 Å². The molecular weight excluding hydrogens is 462 g/mol. The monoisotopic (exact) mass is 479 g/mol. The lowest BCUT2D eigenvalue weighted by Gasteiger charge is -2.30. The molecule has 0 fully saturated rings. The van der Waals surface area contributed by atoms with Gasteiger partial charge in [0.1, 0.15) is 5.56 Å². The molecule has 1 aromatic carbocycles. The lowest BCUT2D eigenvalue weighted by Crippen LogP contribution is -2.42. The minimum Gasteiger partial charge on any atom is -0.403 e. The van der Waals surface area contributed by atoms with Gasteiger partial charge in [-0.1, -0.05) is 11.3 Å². The first-order chi connectivity index (χ1) is 15.9. The van der Waals surface area contributed by atoms with Crippen LogP contribution in [0.15, 0.2) is 49.1 Å². The number of benzene rings is 1. The first-order valence-corrected chi connectivity index (χ1v) is 9.72. The zero-order chi connectivity index (χ0) is 24.7. The van der Waals surface area contributed by atoms with Gasteiger partial charge in [0.25, 0.3) is 5.91 Å². The fourth-order valence-corrected chi connectivity index (χ4v) is 3.26. The molecular formula is C20H17F4N7O3. The van der Waals surface area contributed by atoms with Gasteiger partial charge in [-0.15, -0.1) is 18.3 Å². The molecule has 178 valence electrons. The molecule has 1 atom stereocenters. The third-order valence-electron chi connectivity index (χ3n) is 4.75. The molecule has 10 nitrogen and oxygen atoms in total. The smallest absolute Gasteiger partial charge is 0.403 e. The summed E-state index contributed by atoms with van der Waals surface area (Å²) in [5.74, 6) is -2.69. The van der Waals surface area contributed by atoms with Gasteiger partial charge in [0.05, 0.1) is 30.2 Å². The Balaban J connectivity index is 1.65. The van der Waals surface area contributed by atoms with Crippen LogP contribution in [0.2, 0.25) is 0 Å². The van der Waals surface area contributed by atoms with E-state index in [1.165, 1.54) is 35.4 Å². The molecule has 14 heteroatoms. The van der Waals surface area contributed by atoms with Gasteiger partial charge >= 0.3 is 6.36 Å². The molecule has 3 aromatic heterocycles. The van der Waals surface area contributed by atoms with Crippen molar-refractivity contribution < 1.29 is 32.2 Å². The second-order valence-corrected chi connectivity index (χ2v) is 7.76. The highest BCUT2D eigenvalue weighted by atomic mass is 19.4. The van der Waals surface area contributed by atoms with E-state index in [1.54, 1.807) is 18.5 Å². The van der Waals surface area contributed by atoms with E-state index in [-0.39, 0.29) is 16.8 Å². The highest BCUT2D eigenvalue weighted by molar-refractivity contribution is 6.00. The van der Waals surface area contributed by atoms with Gasteiger partial charge < -0.3 is 15.2 Å². The highest BCUT2D eigenvalue weighted by Crippen LogP contribution is 2.31. The van der Waals surface area contributed by atoms with Gasteiger partial charge in [-0.05, 0) is 31.5 Å². The number of hydrogen-bond donors (Lipinski definition) is 2. The summed E-state index contributed by atoms with van der Waals surface area (Å²) in [7, 11) is 0. The van der Waals surface area contributed by atoms with Gasteiger partial charge in [0.2, 0.25) is 0 Å². The molecule has 4 aromatic rings. The van der Waals surface area contributed by atoms with Gasteiger partial charge in [0.15, 0.2) is 23.0 Å². The van der Waals surface area contributed by atoms with Crippen LogP contribution in [0.3, 0.4) is 0 Å². The highest BCUT2D eigenvalue weighted by Gasteiger charge is 2.34. The Hall–Kier alpha value is -4.07. The molecule has 0 saturated carbocycles. The van der Waals surface area contributed by atoms with Gasteiger partial charge in [-0.2, -0.15) is 5.10 Å². The van der Waals surface area contributed by atoms with Crippen LogP contribution in [0.25, 0.3) is 11.5 Å². The second-order valence-electron chi connectivity index (χ2n) is 7.76. The van der Waals surface area contributed by atoms with Crippen molar-refractivity contribution in [2.24, 2.45) is 0 Å². The molecule has 1 amide bonds. The van der Waals surface area contributed by atoms with Crippen molar-refractivity contribution in [1.29, 1.82) is 0 Å². The third kappa shape index (κ3) is 4.80. The Bertz CT molecular complexity index is 1330. The van der Waals surface area contributed by atoms with E-state index in [0.29, 0.717) is 5.82 Å². The topological polar surface area (TPSA) is 119 Å². The Kier molecular flexibility index (Phi) is 5.69. The lowest BCUT2D eigenvalue weighted by atomic mass is 9.91. The minimum absolute atomic E-state index is 0.0145. The predicted octanol–water partition coefficient (Wildman–Crippen LogP) is 2.59. The van der Waals surface area contributed by atoms with Crippen LogP contribution < -0.4 is 10.1 Å². The van der Waals surface area contributed by atoms with Crippen molar-refractivity contribution in [2.75, 3.05) is 0 Å². The summed E-state index contributed by atoms with van der Waals surface area (Å²) >= 11 is 0. The average Bonchev–Trinajstić information content (AvgIpc) is 3.41. The number of hydrogen-bond acceptors (Lipinski definition) is 7. The van der Waals surface area contributed by atoms with E-state index in [1.807, 2.05) is 0 Å². The Labute approximate surface area is 188 Å². The van der Waals surface area contributed by atoms with Crippen molar-refractivity contribution >= 4 is 11.6 Å². The van der Waals surface area contributed by atoms with Crippen LogP contribution in [0.4, 0.5) is 17.6 Å². The number of aromatic nitrogens is 6. The molecule has 4 rings (SSSR count). The number of fused-ring (bicyclic) bond motifs is 1. The molecule has 2 N–H and O–H groups in total. The fourth-order valence-electron chi connectivity index (χ4n) is 3.26. The first-order valence-electron chi connectivity index (χ1n) is 9.72. The van der Waals surface area contributed by atoms with Gasteiger partial charge in [-0.25, -0.2) is 18.6 Å². The predicted molar refractivity (Wildman–Crippen MR) is 107 cm³/mol. The van der Waals surface area contributed by atoms with Crippen molar-refractivity contribution in [1.82, 2.24) is 34.9 Å². The number of aliphatic hydroxyl groups is 1. The fraction of sp³-hybridized carbons (Fsp3) is 0.250. The van der Waals surface area contributed by atoms with Crippen molar-refractivity contribution in [3.8, 4) is 11.6 Å². The average molecular weight is 479 g/mol. The standard InChI is InChI=1S/C20H17F4N7O3/c1-19(2,33)16(11-3-4-14(13(21)9-11)34-20(22,23)24)28-18(32)12-10-26-31-7-5-15(27-17(12)31)30-8-6-25-29-30/h3-10,16,33H,1-2H3,(H,28,32)/t16-/m0/s1. The number of amides is 1. The number of alkyl halides is 3. The Morgan fingerprint density at radius 3 is 2.59 bits per heavy atom. The molecule has 0 aliphatic carbocycles. The van der Waals surface area contributed by atoms with E-state index >= 15 is 0 Å².